The van der Waals surface area contributed by atoms with Gasteiger partial charge >= 0.3 is 6.03 Å². The Labute approximate surface area is 117 Å². The highest BCUT2D eigenvalue weighted by Crippen LogP contribution is 2.28. The van der Waals surface area contributed by atoms with Crippen LogP contribution >= 0.6 is 11.8 Å². The van der Waals surface area contributed by atoms with E-state index in [1.165, 1.54) is 4.90 Å². The Hall–Kier alpha value is -1.24. The summed E-state index contributed by atoms with van der Waals surface area (Å²) in [5, 5.41) is 3.25. The number of nitrogens with one attached hydrogen (secondary N) is 1. The lowest BCUT2D eigenvalue weighted by molar-refractivity contribution is -0.127. The fraction of sp³-hybridized carbons (Fsp3) is 0.750. The van der Waals surface area contributed by atoms with Crippen molar-refractivity contribution in [1.29, 1.82) is 0 Å². The Morgan fingerprint density at radius 2 is 2.11 bits per heavy atom. The molecule has 2 rings (SSSR count). The summed E-state index contributed by atoms with van der Waals surface area (Å²) in [6, 6.07) is -0.748. The van der Waals surface area contributed by atoms with Crippen molar-refractivity contribution in [3.63, 3.8) is 0 Å². The lowest BCUT2D eigenvalue weighted by Gasteiger charge is -2.35. The number of thioether (sulfide) groups is 1. The smallest absolute Gasteiger partial charge is 0.325 e. The van der Waals surface area contributed by atoms with E-state index in [4.69, 9.17) is 0 Å². The zero-order chi connectivity index (χ0) is 14.0. The van der Waals surface area contributed by atoms with Crippen molar-refractivity contribution < 1.29 is 9.59 Å². The molecule has 0 bridgehead atoms. The van der Waals surface area contributed by atoms with Gasteiger partial charge in [-0.2, -0.15) is 0 Å². The average Bonchev–Trinajstić information content (AvgIpc) is 2.75. The molecule has 2 unspecified atom stereocenters. The quantitative estimate of drug-likeness (QED) is 0.785. The summed E-state index contributed by atoms with van der Waals surface area (Å²) in [5.41, 5.74) is 0. The zero-order valence-corrected chi connectivity index (χ0v) is 12.4. The molecule has 1 fully saturated rings. The van der Waals surface area contributed by atoms with E-state index in [0.717, 1.165) is 23.8 Å². The lowest BCUT2D eigenvalue weighted by atomic mass is 10.1. The van der Waals surface area contributed by atoms with Crippen LogP contribution in [0.4, 0.5) is 4.79 Å². The molecule has 7 heteroatoms. The van der Waals surface area contributed by atoms with Crippen molar-refractivity contribution in [3.8, 4) is 0 Å². The van der Waals surface area contributed by atoms with Gasteiger partial charge in [0.25, 0.3) is 5.91 Å². The number of carbonyl (C=O) groups excluding carboxylic acids is 2. The molecule has 3 amide bonds. The van der Waals surface area contributed by atoms with Crippen LogP contribution in [-0.2, 0) is 4.79 Å². The number of imide groups is 1. The minimum absolute atomic E-state index is 0.246. The fourth-order valence-electron chi connectivity index (χ4n) is 2.26. The van der Waals surface area contributed by atoms with Crippen LogP contribution in [0.5, 0.6) is 0 Å². The largest absolute Gasteiger partial charge is 0.336 e. The number of aliphatic imine (C=N–C) groups is 1. The van der Waals surface area contributed by atoms with Gasteiger partial charge in [0.05, 0.1) is 0 Å². The third kappa shape index (κ3) is 2.56. The summed E-state index contributed by atoms with van der Waals surface area (Å²) in [4.78, 5) is 31.7. The number of amidine groups is 1. The maximum absolute atomic E-state index is 12.0. The van der Waals surface area contributed by atoms with Gasteiger partial charge in [-0.15, -0.1) is 0 Å². The second-order valence-corrected chi connectivity index (χ2v) is 5.73. The lowest BCUT2D eigenvalue weighted by Crippen LogP contribution is -2.63. The van der Waals surface area contributed by atoms with Crippen LogP contribution in [0.25, 0.3) is 0 Å². The SMILES string of the molecule is CCCCSC1=NC2C(C(=O)NC(=O)N2C)N1CC. The van der Waals surface area contributed by atoms with Crippen molar-refractivity contribution in [2.75, 3.05) is 19.3 Å². The molecule has 0 aliphatic carbocycles. The van der Waals surface area contributed by atoms with Gasteiger partial charge in [-0.3, -0.25) is 10.1 Å². The molecule has 0 aromatic rings. The first kappa shape index (κ1) is 14.2. The molecular formula is C12H20N4O2S. The number of unbranched alkanes of at least 4 members (excludes halogenated alkanes) is 1. The molecule has 0 saturated carbocycles. The molecule has 2 heterocycles. The number of amides is 3. The Morgan fingerprint density at radius 3 is 2.74 bits per heavy atom. The molecule has 2 atom stereocenters. The Morgan fingerprint density at radius 1 is 1.37 bits per heavy atom. The summed E-state index contributed by atoms with van der Waals surface area (Å²) in [5.74, 6) is 0.745. The molecule has 1 N–H and O–H groups in total. The van der Waals surface area contributed by atoms with Gasteiger partial charge in [0.2, 0.25) is 0 Å². The average molecular weight is 284 g/mol. The summed E-state index contributed by atoms with van der Waals surface area (Å²) in [7, 11) is 1.68. The van der Waals surface area contributed by atoms with Crippen molar-refractivity contribution in [2.45, 2.75) is 38.9 Å². The predicted molar refractivity (Wildman–Crippen MR) is 76.1 cm³/mol. The molecule has 1 saturated heterocycles. The van der Waals surface area contributed by atoms with Gasteiger partial charge in [-0.1, -0.05) is 25.1 Å². The van der Waals surface area contributed by atoms with Gasteiger partial charge in [-0.05, 0) is 13.3 Å². The molecule has 0 spiro atoms. The van der Waals surface area contributed by atoms with E-state index in [-0.39, 0.29) is 24.1 Å². The summed E-state index contributed by atoms with van der Waals surface area (Å²) < 4.78 is 0. The number of hydrogen-bond donors (Lipinski definition) is 1. The second kappa shape index (κ2) is 5.81. The Balaban J connectivity index is 2.16. The fourth-order valence-corrected chi connectivity index (χ4v) is 3.47. The maximum atomic E-state index is 12.0. The minimum Gasteiger partial charge on any atom is -0.336 e. The first-order valence-electron chi connectivity index (χ1n) is 6.65. The molecule has 106 valence electrons. The molecule has 0 aromatic carbocycles. The first-order valence-corrected chi connectivity index (χ1v) is 7.63. The second-order valence-electron chi connectivity index (χ2n) is 4.66. The van der Waals surface area contributed by atoms with Crippen LogP contribution in [0.1, 0.15) is 26.7 Å². The third-order valence-corrected chi connectivity index (χ3v) is 4.48. The van der Waals surface area contributed by atoms with Crippen molar-refractivity contribution in [1.82, 2.24) is 15.1 Å². The summed E-state index contributed by atoms with van der Waals surface area (Å²) in [6.45, 7) is 4.87. The molecule has 6 nitrogen and oxygen atoms in total. The van der Waals surface area contributed by atoms with Gasteiger partial charge in [0.1, 0.15) is 0 Å². The number of carbonyl (C=O) groups is 2. The summed E-state index contributed by atoms with van der Waals surface area (Å²) in [6.07, 6.45) is 1.88. The normalized spacial score (nSPS) is 26.4. The van der Waals surface area contributed by atoms with E-state index in [2.05, 4.69) is 17.2 Å². The topological polar surface area (TPSA) is 65.0 Å². The number of hydrogen-bond acceptors (Lipinski definition) is 5. The highest BCUT2D eigenvalue weighted by molar-refractivity contribution is 8.13. The molecule has 2 aliphatic heterocycles. The number of nitrogens with zero attached hydrogens (tertiary/aromatic N) is 3. The number of rotatable bonds is 4. The van der Waals surface area contributed by atoms with E-state index in [0.29, 0.717) is 6.54 Å². The van der Waals surface area contributed by atoms with E-state index < -0.39 is 0 Å². The molecule has 19 heavy (non-hydrogen) atoms. The molecule has 0 aromatic heterocycles. The van der Waals surface area contributed by atoms with Crippen LogP contribution in [0, 0.1) is 0 Å². The van der Waals surface area contributed by atoms with E-state index >= 15 is 0 Å². The van der Waals surface area contributed by atoms with Crippen LogP contribution < -0.4 is 5.32 Å². The molecule has 2 aliphatic rings. The minimum atomic E-state index is -0.384. The maximum Gasteiger partial charge on any atom is 0.325 e. The van der Waals surface area contributed by atoms with E-state index in [1.807, 2.05) is 11.8 Å². The standard InChI is InChI=1S/C12H20N4O2S/c1-4-6-7-19-12-13-9-8(16(12)5-2)10(17)14-11(18)15(9)3/h8-9H,4-7H2,1-3H3,(H,14,17,18). The molecular weight excluding hydrogens is 264 g/mol. The Kier molecular flexibility index (Phi) is 4.34. The third-order valence-electron chi connectivity index (χ3n) is 3.39. The number of fused-ring (bicyclic) bond motifs is 1. The first-order chi connectivity index (χ1) is 9.10. The van der Waals surface area contributed by atoms with Gasteiger partial charge < -0.3 is 9.80 Å². The monoisotopic (exact) mass is 284 g/mol. The van der Waals surface area contributed by atoms with E-state index in [1.54, 1.807) is 18.8 Å². The molecule has 0 radical (unpaired) electrons. The van der Waals surface area contributed by atoms with Crippen molar-refractivity contribution >= 4 is 28.9 Å². The van der Waals surface area contributed by atoms with Crippen LogP contribution in [0.2, 0.25) is 0 Å². The van der Waals surface area contributed by atoms with Gasteiger partial charge in [-0.25, -0.2) is 9.79 Å². The number of likely N-dealkylation sites (N-methyl/N-ethyl adjacent to an activating group) is 2. The van der Waals surface area contributed by atoms with Crippen molar-refractivity contribution in [2.24, 2.45) is 4.99 Å². The highest BCUT2D eigenvalue weighted by atomic mass is 32.2. The van der Waals surface area contributed by atoms with Crippen LogP contribution in [0.15, 0.2) is 4.99 Å². The van der Waals surface area contributed by atoms with Crippen LogP contribution in [-0.4, -0.2) is 58.5 Å². The van der Waals surface area contributed by atoms with Gasteiger partial charge in [0, 0.05) is 19.3 Å². The van der Waals surface area contributed by atoms with Gasteiger partial charge in [0.15, 0.2) is 17.4 Å². The predicted octanol–water partition coefficient (Wildman–Crippen LogP) is 1.09. The highest BCUT2D eigenvalue weighted by Gasteiger charge is 2.47. The zero-order valence-electron chi connectivity index (χ0n) is 11.5. The van der Waals surface area contributed by atoms with Crippen molar-refractivity contribution in [3.05, 3.63) is 0 Å². The van der Waals surface area contributed by atoms with E-state index in [9.17, 15) is 9.59 Å². The Bertz CT molecular complexity index is 413. The van der Waals surface area contributed by atoms with Crippen LogP contribution in [0.3, 0.4) is 0 Å². The summed E-state index contributed by atoms with van der Waals surface area (Å²) >= 11 is 1.67. The number of urea groups is 1.